The van der Waals surface area contributed by atoms with Crippen molar-refractivity contribution in [2.24, 2.45) is 0 Å². The minimum Gasteiger partial charge on any atom is -0.748 e. The monoisotopic (exact) mass is 950 g/mol. The van der Waals surface area contributed by atoms with Gasteiger partial charge in [-0.25, -0.2) is 26.0 Å². The Balaban J connectivity index is 0.000000615. The minimum absolute atomic E-state index is 0.604. The molecular formula is C48H62N4O8S4. The number of hydrogen-bond acceptors (Lipinski definition) is 12. The fourth-order valence-electron chi connectivity index (χ4n) is 8.35. The topological polar surface area (TPSA) is 147 Å². The Morgan fingerprint density at radius 3 is 1.44 bits per heavy atom. The fourth-order valence-corrected chi connectivity index (χ4v) is 10.6. The molecule has 2 aliphatic heterocycles. The average Bonchev–Trinajstić information content (AvgIpc) is 3.23. The van der Waals surface area contributed by atoms with Crippen molar-refractivity contribution >= 4 is 76.5 Å². The highest BCUT2D eigenvalue weighted by Crippen LogP contribution is 2.37. The molecule has 0 fully saturated rings. The second kappa shape index (κ2) is 23.4. The number of unbranched alkanes of at least 4 members (excludes halogenated alkanes) is 2. The van der Waals surface area contributed by atoms with Gasteiger partial charge in [0.1, 0.15) is 37.8 Å². The molecule has 0 unspecified atom stereocenters. The van der Waals surface area contributed by atoms with Gasteiger partial charge in [-0.1, -0.05) is 45.9 Å². The lowest BCUT2D eigenvalue weighted by Gasteiger charge is -2.27. The van der Waals surface area contributed by atoms with Crippen LogP contribution >= 0.6 is 21.6 Å². The molecule has 16 heteroatoms. The summed E-state index contributed by atoms with van der Waals surface area (Å²) in [6.07, 6.45) is 27.4. The molecule has 0 saturated heterocycles. The number of aryl methyl sites for hydroxylation is 4. The number of hydrogen-bond donors (Lipinski definition) is 0. The van der Waals surface area contributed by atoms with E-state index in [0.29, 0.717) is 12.5 Å². The number of ether oxygens (including phenoxy) is 2. The highest BCUT2D eigenvalue weighted by Gasteiger charge is 2.21. The summed E-state index contributed by atoms with van der Waals surface area (Å²) in [6.45, 7) is 5.61. The third kappa shape index (κ3) is 15.8. The van der Waals surface area contributed by atoms with Gasteiger partial charge in [-0.15, -0.1) is 0 Å². The SMILES string of the molecule is CN1CCOc2cc(C=C3CCCc4c[n+](CCCCSSCCCC[n+]5ccc6c(c5)CCCC6=Cc5ccc6c(c5)OCCN6C)ccc43)ccc21.CS(=O)(=O)[O-].CS(=O)(=O)[O-]. The summed E-state index contributed by atoms with van der Waals surface area (Å²) >= 11 is 0. The molecule has 2 aliphatic carbocycles. The molecule has 4 aromatic rings. The van der Waals surface area contributed by atoms with E-state index in [1.807, 2.05) is 0 Å². The molecule has 0 amide bonds. The van der Waals surface area contributed by atoms with E-state index in [-0.39, 0.29) is 0 Å². The van der Waals surface area contributed by atoms with E-state index in [1.165, 1.54) is 119 Å². The molecule has 0 radical (unpaired) electrons. The van der Waals surface area contributed by atoms with Crippen molar-refractivity contribution in [1.29, 1.82) is 0 Å². The minimum atomic E-state index is -3.92. The molecule has 2 aromatic heterocycles. The van der Waals surface area contributed by atoms with Gasteiger partial charge in [0.25, 0.3) is 0 Å². The van der Waals surface area contributed by atoms with Crippen molar-refractivity contribution < 1.29 is 44.5 Å². The average molecular weight is 951 g/mol. The number of anilines is 2. The molecule has 0 saturated carbocycles. The Bertz CT molecular complexity index is 2320. The number of benzene rings is 2. The van der Waals surface area contributed by atoms with Crippen molar-refractivity contribution in [2.45, 2.75) is 77.3 Å². The Labute approximate surface area is 388 Å². The molecule has 0 spiro atoms. The first kappa shape index (κ1) is 49.4. The molecule has 64 heavy (non-hydrogen) atoms. The standard InChI is InChI=1S/C46H56N4O2S2.2CH4O3S/c1-47-23-25-51-45-31-35(13-15-43(45)47)29-37-9-7-11-39-33-49(21-17-41(37)39)19-3-5-27-53-54-28-6-4-20-50-22-18-42-38(10-8-12-40(42)34-50)30-36-14-16-44-46(32-36)52-26-24-48(44)2;2*1-5(2,3)4/h13-18,21-22,29-34H,3-12,19-20,23-28H2,1-2H3;2*1H3,(H,2,3,4)/q+2;;/p-2. The summed E-state index contributed by atoms with van der Waals surface area (Å²) < 4.78 is 71.2. The van der Waals surface area contributed by atoms with E-state index in [4.69, 9.17) is 35.4 Å². The van der Waals surface area contributed by atoms with Gasteiger partial charge in [-0.2, -0.15) is 0 Å². The van der Waals surface area contributed by atoms with Crippen LogP contribution in [0.25, 0.3) is 23.3 Å². The Hall–Kier alpha value is -4.06. The maximum Gasteiger partial charge on any atom is 0.172 e. The quantitative estimate of drug-likeness (QED) is 0.0562. The summed E-state index contributed by atoms with van der Waals surface area (Å²) in [5.41, 5.74) is 13.6. The number of allylic oxidation sites excluding steroid dienone is 2. The second-order valence-corrected chi connectivity index (χ2v) is 22.3. The first-order chi connectivity index (χ1) is 30.6. The maximum atomic E-state index is 9.08. The lowest BCUT2D eigenvalue weighted by Crippen LogP contribution is -2.34. The van der Waals surface area contributed by atoms with Gasteiger partial charge in [0, 0.05) is 74.2 Å². The number of fused-ring (bicyclic) bond motifs is 4. The lowest BCUT2D eigenvalue weighted by molar-refractivity contribution is -0.697. The van der Waals surface area contributed by atoms with E-state index >= 15 is 0 Å². The van der Waals surface area contributed by atoms with Crippen LogP contribution in [0.5, 0.6) is 11.5 Å². The zero-order valence-electron chi connectivity index (χ0n) is 37.5. The van der Waals surface area contributed by atoms with Gasteiger partial charge in [0.05, 0.1) is 44.7 Å². The van der Waals surface area contributed by atoms with Crippen LogP contribution in [0.1, 0.15) is 84.7 Å². The molecule has 12 nitrogen and oxygen atoms in total. The highest BCUT2D eigenvalue weighted by atomic mass is 33.1. The second-order valence-electron chi connectivity index (χ2n) is 16.8. The van der Waals surface area contributed by atoms with Crippen LogP contribution in [0.3, 0.4) is 0 Å². The fraction of sp³-hybridized carbons (Fsp3) is 0.458. The molecule has 0 N–H and O–H groups in total. The van der Waals surface area contributed by atoms with Crippen LogP contribution in [-0.2, 0) is 46.2 Å². The van der Waals surface area contributed by atoms with Crippen LogP contribution in [0.15, 0.2) is 73.3 Å². The first-order valence-electron chi connectivity index (χ1n) is 22.1. The third-order valence-corrected chi connectivity index (χ3v) is 14.0. The number of rotatable bonds is 13. The van der Waals surface area contributed by atoms with Gasteiger partial charge in [0.2, 0.25) is 0 Å². The zero-order valence-corrected chi connectivity index (χ0v) is 40.8. The molecule has 2 aromatic carbocycles. The summed E-state index contributed by atoms with van der Waals surface area (Å²) in [6, 6.07) is 18.0. The molecular weight excluding hydrogens is 889 g/mol. The van der Waals surface area contributed by atoms with E-state index in [2.05, 4.69) is 140 Å². The molecule has 4 heterocycles. The number of nitrogens with zero attached hydrogens (tertiary/aromatic N) is 4. The van der Waals surface area contributed by atoms with Crippen molar-refractivity contribution in [3.05, 3.63) is 107 Å². The van der Waals surface area contributed by atoms with Crippen LogP contribution < -0.4 is 28.4 Å². The Kier molecular flexibility index (Phi) is 18.1. The van der Waals surface area contributed by atoms with Gasteiger partial charge < -0.3 is 28.4 Å². The highest BCUT2D eigenvalue weighted by molar-refractivity contribution is 8.76. The number of pyridine rings is 2. The van der Waals surface area contributed by atoms with Crippen LogP contribution in [0.4, 0.5) is 11.4 Å². The van der Waals surface area contributed by atoms with Crippen LogP contribution in [-0.4, -0.2) is 90.4 Å². The van der Waals surface area contributed by atoms with Gasteiger partial charge >= 0.3 is 0 Å². The maximum absolute atomic E-state index is 9.08. The van der Waals surface area contributed by atoms with Gasteiger partial charge in [0.15, 0.2) is 24.8 Å². The number of aromatic nitrogens is 2. The molecule has 0 atom stereocenters. The third-order valence-electron chi connectivity index (χ3n) is 11.4. The van der Waals surface area contributed by atoms with Gasteiger partial charge in [-0.3, -0.25) is 0 Å². The smallest absolute Gasteiger partial charge is 0.172 e. The zero-order chi connectivity index (χ0) is 45.7. The van der Waals surface area contributed by atoms with Crippen molar-refractivity contribution in [3.8, 4) is 11.5 Å². The summed E-state index contributed by atoms with van der Waals surface area (Å²) in [5, 5.41) is 0. The Morgan fingerprint density at radius 2 is 1.03 bits per heavy atom. The van der Waals surface area contributed by atoms with Crippen molar-refractivity contribution in [2.75, 3.05) is 74.2 Å². The molecule has 346 valence electrons. The largest absolute Gasteiger partial charge is 0.748 e. The molecule has 4 aliphatic rings. The summed E-state index contributed by atoms with van der Waals surface area (Å²) in [4.78, 5) is 4.56. The predicted octanol–water partition coefficient (Wildman–Crippen LogP) is 7.64. The van der Waals surface area contributed by atoms with Crippen molar-refractivity contribution in [1.82, 2.24) is 0 Å². The Morgan fingerprint density at radius 1 is 0.625 bits per heavy atom. The van der Waals surface area contributed by atoms with E-state index in [9.17, 15) is 0 Å². The van der Waals surface area contributed by atoms with Crippen molar-refractivity contribution in [3.63, 3.8) is 0 Å². The van der Waals surface area contributed by atoms with E-state index in [1.54, 1.807) is 0 Å². The lowest BCUT2D eigenvalue weighted by atomic mass is 9.87. The normalized spacial score (nSPS) is 16.8. The van der Waals surface area contributed by atoms with Crippen LogP contribution in [0.2, 0.25) is 0 Å². The van der Waals surface area contributed by atoms with Crippen LogP contribution in [0, 0.1) is 0 Å². The number of likely N-dealkylation sites (N-methyl/N-ethyl adjacent to an activating group) is 2. The molecule has 0 bridgehead atoms. The molecule has 8 rings (SSSR count). The predicted molar refractivity (Wildman–Crippen MR) is 260 cm³/mol. The van der Waals surface area contributed by atoms with E-state index in [0.717, 1.165) is 63.7 Å². The van der Waals surface area contributed by atoms with Gasteiger partial charge in [-0.05, 0) is 109 Å². The summed E-state index contributed by atoms with van der Waals surface area (Å²) in [7, 11) is 0.568. The summed E-state index contributed by atoms with van der Waals surface area (Å²) in [5.74, 6) is 4.47. The van der Waals surface area contributed by atoms with E-state index < -0.39 is 20.2 Å². The first-order valence-corrected chi connectivity index (χ1v) is 28.2.